The number of nitrogens with one attached hydrogen (secondary N) is 1. The molecule has 5 rings (SSSR count). The minimum atomic E-state index is 0.0579. The smallest absolute Gasteiger partial charge is 0.261 e. The molecule has 150 valence electrons. The molecule has 2 aliphatic rings. The van der Waals surface area contributed by atoms with Crippen molar-refractivity contribution in [3.05, 3.63) is 69.4 Å². The van der Waals surface area contributed by atoms with E-state index in [0.29, 0.717) is 34.0 Å². The molecule has 7 heteroatoms. The predicted octanol–water partition coefficient (Wildman–Crippen LogP) is 3.52. The first-order valence-electron chi connectivity index (χ1n) is 9.90. The Morgan fingerprint density at radius 2 is 2.14 bits per heavy atom. The first kappa shape index (κ1) is 18.5. The van der Waals surface area contributed by atoms with Gasteiger partial charge in [-0.15, -0.1) is 0 Å². The maximum atomic E-state index is 13.1. The van der Waals surface area contributed by atoms with Crippen LogP contribution in [-0.4, -0.2) is 39.6 Å². The summed E-state index contributed by atoms with van der Waals surface area (Å²) in [5, 5.41) is 0.643. The van der Waals surface area contributed by atoms with Gasteiger partial charge in [0.2, 0.25) is 0 Å². The van der Waals surface area contributed by atoms with Crippen molar-refractivity contribution >= 4 is 11.6 Å². The largest absolute Gasteiger partial charge is 0.495 e. The minimum Gasteiger partial charge on any atom is -0.495 e. The molecule has 2 atom stereocenters. The number of hydrogen-bond donors (Lipinski definition) is 1. The third-order valence-electron chi connectivity index (χ3n) is 6.06. The lowest BCUT2D eigenvalue weighted by atomic mass is 9.82. The van der Waals surface area contributed by atoms with Crippen molar-refractivity contribution in [3.8, 4) is 17.1 Å². The van der Waals surface area contributed by atoms with E-state index in [-0.39, 0.29) is 5.56 Å². The first-order valence-corrected chi connectivity index (χ1v) is 10.3. The molecule has 0 radical (unpaired) electrons. The van der Waals surface area contributed by atoms with Crippen molar-refractivity contribution in [3.63, 3.8) is 0 Å². The average molecular weight is 411 g/mol. The van der Waals surface area contributed by atoms with Crippen LogP contribution < -0.4 is 10.3 Å². The van der Waals surface area contributed by atoms with Crippen molar-refractivity contribution in [2.45, 2.75) is 25.4 Å². The summed E-state index contributed by atoms with van der Waals surface area (Å²) in [5.41, 5.74) is 3.02. The second-order valence-corrected chi connectivity index (χ2v) is 8.39. The van der Waals surface area contributed by atoms with E-state index in [2.05, 4.69) is 27.0 Å². The number of pyridine rings is 1. The average Bonchev–Trinajstić information content (AvgIpc) is 3.23. The highest BCUT2D eigenvalue weighted by molar-refractivity contribution is 6.32. The number of aromatic nitrogens is 3. The van der Waals surface area contributed by atoms with E-state index in [1.165, 1.54) is 5.56 Å². The fourth-order valence-corrected chi connectivity index (χ4v) is 5.11. The molecule has 0 amide bonds. The fourth-order valence-electron chi connectivity index (χ4n) is 4.83. The number of benzene rings is 1. The molecule has 0 unspecified atom stereocenters. The molecule has 2 aromatic heterocycles. The Bertz CT molecular complexity index is 1090. The SMILES string of the molecule is COc1ccc(CN2C[C@@H]3C[C@H](C2)c2ccc(-c4ncc[nH]4)c(=O)n2C3)cc1Cl. The van der Waals surface area contributed by atoms with Crippen molar-refractivity contribution in [2.75, 3.05) is 20.2 Å². The highest BCUT2D eigenvalue weighted by atomic mass is 35.5. The van der Waals surface area contributed by atoms with Crippen LogP contribution in [0.2, 0.25) is 5.02 Å². The molecule has 1 fully saturated rings. The lowest BCUT2D eigenvalue weighted by Gasteiger charge is -2.43. The first-order chi connectivity index (χ1) is 14.1. The van der Waals surface area contributed by atoms with E-state index < -0.39 is 0 Å². The number of ether oxygens (including phenoxy) is 1. The fraction of sp³-hybridized carbons (Fsp3) is 0.364. The zero-order chi connectivity index (χ0) is 20.0. The van der Waals surface area contributed by atoms with Gasteiger partial charge < -0.3 is 14.3 Å². The van der Waals surface area contributed by atoms with Gasteiger partial charge in [0, 0.05) is 50.2 Å². The molecular weight excluding hydrogens is 388 g/mol. The zero-order valence-corrected chi connectivity index (χ0v) is 17.0. The van der Waals surface area contributed by atoms with Gasteiger partial charge in [0.15, 0.2) is 0 Å². The van der Waals surface area contributed by atoms with Crippen LogP contribution in [0.1, 0.15) is 23.6 Å². The van der Waals surface area contributed by atoms with Gasteiger partial charge in [0.05, 0.1) is 17.7 Å². The number of nitrogens with zero attached hydrogens (tertiary/aromatic N) is 3. The number of rotatable bonds is 4. The van der Waals surface area contributed by atoms with Gasteiger partial charge in [-0.2, -0.15) is 0 Å². The lowest BCUT2D eigenvalue weighted by molar-refractivity contribution is 0.114. The molecule has 0 saturated carbocycles. The second kappa shape index (κ2) is 7.35. The maximum Gasteiger partial charge on any atom is 0.261 e. The van der Waals surface area contributed by atoms with E-state index in [1.807, 2.05) is 22.8 Å². The predicted molar refractivity (Wildman–Crippen MR) is 112 cm³/mol. The number of aromatic amines is 1. The third kappa shape index (κ3) is 3.36. The summed E-state index contributed by atoms with van der Waals surface area (Å²) in [6, 6.07) is 10.00. The van der Waals surface area contributed by atoms with Crippen molar-refractivity contribution in [1.82, 2.24) is 19.4 Å². The molecule has 1 N–H and O–H groups in total. The van der Waals surface area contributed by atoms with Gasteiger partial charge in [-0.3, -0.25) is 9.69 Å². The normalized spacial score (nSPS) is 21.0. The molecule has 3 aromatic rings. The molecule has 2 bridgehead atoms. The molecule has 0 aliphatic carbocycles. The summed E-state index contributed by atoms with van der Waals surface area (Å²) >= 11 is 6.30. The standard InChI is InChI=1S/C22H23ClN4O2/c1-29-20-5-2-14(9-18(20)23)10-26-11-15-8-16(13-26)19-4-3-17(21-24-6-7-25-21)22(28)27(19)12-15/h2-7,9,15-16H,8,10-13H2,1H3,(H,24,25)/t15-,16+/m0/s1. The van der Waals surface area contributed by atoms with E-state index >= 15 is 0 Å². The third-order valence-corrected chi connectivity index (χ3v) is 6.35. The molecule has 6 nitrogen and oxygen atoms in total. The minimum absolute atomic E-state index is 0.0579. The molecular formula is C22H23ClN4O2. The number of likely N-dealkylation sites (tertiary alicyclic amines) is 1. The van der Waals surface area contributed by atoms with E-state index in [9.17, 15) is 4.79 Å². The number of imidazole rings is 1. The summed E-state index contributed by atoms with van der Waals surface area (Å²) in [6.07, 6.45) is 4.56. The summed E-state index contributed by atoms with van der Waals surface area (Å²) in [4.78, 5) is 22.8. The van der Waals surface area contributed by atoms with E-state index in [4.69, 9.17) is 16.3 Å². The van der Waals surface area contributed by atoms with Crippen molar-refractivity contribution < 1.29 is 4.74 Å². The molecule has 1 aromatic carbocycles. The Balaban J connectivity index is 1.39. The van der Waals surface area contributed by atoms with Crippen LogP contribution in [-0.2, 0) is 13.1 Å². The Morgan fingerprint density at radius 3 is 2.90 bits per heavy atom. The monoisotopic (exact) mass is 410 g/mol. The Hall–Kier alpha value is -2.57. The number of fused-ring (bicyclic) bond motifs is 4. The number of hydrogen-bond acceptors (Lipinski definition) is 4. The van der Waals surface area contributed by atoms with Crippen LogP contribution in [0.5, 0.6) is 5.75 Å². The Kier molecular flexibility index (Phi) is 4.68. The molecule has 4 heterocycles. The molecule has 29 heavy (non-hydrogen) atoms. The number of halogens is 1. The van der Waals surface area contributed by atoms with Gasteiger partial charge in [-0.25, -0.2) is 4.98 Å². The van der Waals surface area contributed by atoms with Gasteiger partial charge in [-0.05, 0) is 42.2 Å². The second-order valence-electron chi connectivity index (χ2n) is 7.99. The van der Waals surface area contributed by atoms with Crippen LogP contribution in [0.25, 0.3) is 11.4 Å². The van der Waals surface area contributed by atoms with Crippen LogP contribution in [0.3, 0.4) is 0 Å². The lowest BCUT2D eigenvalue weighted by Crippen LogP contribution is -2.46. The Labute approximate surface area is 174 Å². The molecule has 0 spiro atoms. The summed E-state index contributed by atoms with van der Waals surface area (Å²) < 4.78 is 7.22. The molecule has 1 saturated heterocycles. The highest BCUT2D eigenvalue weighted by Crippen LogP contribution is 2.36. The summed E-state index contributed by atoms with van der Waals surface area (Å²) in [5.74, 6) is 2.18. The zero-order valence-electron chi connectivity index (χ0n) is 16.3. The van der Waals surface area contributed by atoms with Crippen LogP contribution >= 0.6 is 11.6 Å². The van der Waals surface area contributed by atoms with Crippen LogP contribution in [0.4, 0.5) is 0 Å². The van der Waals surface area contributed by atoms with Crippen molar-refractivity contribution in [2.24, 2.45) is 5.92 Å². The highest BCUT2D eigenvalue weighted by Gasteiger charge is 2.35. The van der Waals surface area contributed by atoms with Gasteiger partial charge >= 0.3 is 0 Å². The number of piperidine rings is 1. The number of H-pyrrole nitrogens is 1. The van der Waals surface area contributed by atoms with E-state index in [1.54, 1.807) is 19.5 Å². The Morgan fingerprint density at radius 1 is 1.24 bits per heavy atom. The number of methoxy groups -OCH3 is 1. The van der Waals surface area contributed by atoms with Crippen LogP contribution in [0.15, 0.2) is 47.5 Å². The topological polar surface area (TPSA) is 63.1 Å². The van der Waals surface area contributed by atoms with Gasteiger partial charge in [0.1, 0.15) is 11.6 Å². The summed E-state index contributed by atoms with van der Waals surface area (Å²) in [6.45, 7) is 3.54. The van der Waals surface area contributed by atoms with Gasteiger partial charge in [0.25, 0.3) is 5.56 Å². The van der Waals surface area contributed by atoms with Crippen molar-refractivity contribution in [1.29, 1.82) is 0 Å². The maximum absolute atomic E-state index is 13.1. The van der Waals surface area contributed by atoms with E-state index in [0.717, 1.165) is 38.3 Å². The summed E-state index contributed by atoms with van der Waals surface area (Å²) in [7, 11) is 1.63. The van der Waals surface area contributed by atoms with Crippen LogP contribution in [0, 0.1) is 5.92 Å². The molecule has 2 aliphatic heterocycles. The quantitative estimate of drug-likeness (QED) is 0.714. The van der Waals surface area contributed by atoms with Gasteiger partial charge in [-0.1, -0.05) is 17.7 Å².